The van der Waals surface area contributed by atoms with E-state index in [1.165, 1.54) is 0 Å². The number of benzene rings is 1. The van der Waals surface area contributed by atoms with Crippen molar-refractivity contribution in [3.05, 3.63) is 29.8 Å². The van der Waals surface area contributed by atoms with E-state index in [0.717, 1.165) is 0 Å². The number of carboxylic acid groups (broad SMARTS) is 1. The molecule has 6 N–H and O–H groups in total. The van der Waals surface area contributed by atoms with Gasteiger partial charge in [-0.25, -0.2) is 4.79 Å². The standard InChI is InChI=1S/C19H29NO8/c1-4-19(26,10(2)9-20-3)11-6-5-7-12(8-11)27-18-15(23)13(21)14(22)16(28-18)17(24)25/h5-8,10,13-16,18,20-23,26H,4,9H2,1-3H3,(H,24,25). The summed E-state index contributed by atoms with van der Waals surface area (Å²) in [6, 6.07) is 6.55. The number of aliphatic carboxylic acids is 1. The van der Waals surface area contributed by atoms with Gasteiger partial charge >= 0.3 is 5.97 Å². The lowest BCUT2D eigenvalue weighted by molar-refractivity contribution is -0.271. The number of aliphatic hydroxyl groups is 4. The molecule has 1 heterocycles. The molecule has 1 aromatic carbocycles. The van der Waals surface area contributed by atoms with E-state index in [4.69, 9.17) is 14.6 Å². The Kier molecular flexibility index (Phi) is 7.38. The Morgan fingerprint density at radius 2 is 1.96 bits per heavy atom. The molecular formula is C19H29NO8. The molecular weight excluding hydrogens is 370 g/mol. The highest BCUT2D eigenvalue weighted by atomic mass is 16.7. The predicted molar refractivity (Wildman–Crippen MR) is 98.7 cm³/mol. The SMILES string of the molecule is CCC(O)(c1cccc(OC2OC(C(=O)O)C(O)C(O)C2O)c1)C(C)CNC. The minimum Gasteiger partial charge on any atom is -0.479 e. The van der Waals surface area contributed by atoms with E-state index in [2.05, 4.69) is 5.32 Å². The first-order chi connectivity index (χ1) is 13.2. The van der Waals surface area contributed by atoms with Crippen molar-refractivity contribution in [1.82, 2.24) is 5.32 Å². The topological polar surface area (TPSA) is 149 Å². The van der Waals surface area contributed by atoms with Crippen molar-refractivity contribution in [3.63, 3.8) is 0 Å². The molecule has 7 unspecified atom stereocenters. The van der Waals surface area contributed by atoms with Crippen LogP contribution in [0.4, 0.5) is 0 Å². The van der Waals surface area contributed by atoms with Crippen LogP contribution in [-0.4, -0.2) is 75.8 Å². The fraction of sp³-hybridized carbons (Fsp3) is 0.632. The Bertz CT molecular complexity index is 671. The molecule has 0 aliphatic carbocycles. The Morgan fingerprint density at radius 1 is 1.29 bits per heavy atom. The summed E-state index contributed by atoms with van der Waals surface area (Å²) in [5.74, 6) is -1.37. The zero-order chi connectivity index (χ0) is 21.1. The number of hydrogen-bond donors (Lipinski definition) is 6. The highest BCUT2D eigenvalue weighted by Gasteiger charge is 2.48. The van der Waals surface area contributed by atoms with Gasteiger partial charge in [-0.3, -0.25) is 0 Å². The third kappa shape index (κ3) is 4.45. The van der Waals surface area contributed by atoms with Crippen LogP contribution in [0.2, 0.25) is 0 Å². The number of aliphatic hydroxyl groups excluding tert-OH is 3. The Hall–Kier alpha value is -1.75. The first kappa shape index (κ1) is 22.5. The molecule has 0 saturated carbocycles. The highest BCUT2D eigenvalue weighted by Crippen LogP contribution is 2.35. The Morgan fingerprint density at radius 3 is 2.54 bits per heavy atom. The van der Waals surface area contributed by atoms with Gasteiger partial charge in [0.05, 0.1) is 5.60 Å². The summed E-state index contributed by atoms with van der Waals surface area (Å²) in [5, 5.41) is 53.0. The second-order valence-corrected chi connectivity index (χ2v) is 7.12. The molecule has 0 aromatic heterocycles. The molecule has 0 bridgehead atoms. The van der Waals surface area contributed by atoms with Crippen LogP contribution in [0.15, 0.2) is 24.3 Å². The molecule has 7 atom stereocenters. The maximum absolute atomic E-state index is 11.2. The van der Waals surface area contributed by atoms with Crippen LogP contribution in [0.1, 0.15) is 25.8 Å². The van der Waals surface area contributed by atoms with Crippen LogP contribution in [0.3, 0.4) is 0 Å². The summed E-state index contributed by atoms with van der Waals surface area (Å²) < 4.78 is 10.7. The summed E-state index contributed by atoms with van der Waals surface area (Å²) in [7, 11) is 1.80. The van der Waals surface area contributed by atoms with Gasteiger partial charge in [0.25, 0.3) is 0 Å². The summed E-state index contributed by atoms with van der Waals surface area (Å²) in [6.07, 6.45) is -7.97. The minimum atomic E-state index is -1.79. The summed E-state index contributed by atoms with van der Waals surface area (Å²) in [5.41, 5.74) is -0.538. The fourth-order valence-corrected chi connectivity index (χ4v) is 3.43. The van der Waals surface area contributed by atoms with E-state index in [1.54, 1.807) is 31.3 Å². The number of hydrogen-bond acceptors (Lipinski definition) is 8. The largest absolute Gasteiger partial charge is 0.479 e. The molecule has 9 nitrogen and oxygen atoms in total. The quantitative estimate of drug-likeness (QED) is 0.337. The van der Waals surface area contributed by atoms with Crippen LogP contribution >= 0.6 is 0 Å². The van der Waals surface area contributed by atoms with Gasteiger partial charge in [0, 0.05) is 12.5 Å². The summed E-state index contributed by atoms with van der Waals surface area (Å²) >= 11 is 0. The molecule has 0 radical (unpaired) electrons. The maximum Gasteiger partial charge on any atom is 0.335 e. The van der Waals surface area contributed by atoms with E-state index in [9.17, 15) is 25.2 Å². The molecule has 9 heteroatoms. The molecule has 0 spiro atoms. The normalized spacial score (nSPS) is 31.0. The van der Waals surface area contributed by atoms with Gasteiger partial charge < -0.3 is 40.3 Å². The van der Waals surface area contributed by atoms with Crippen LogP contribution < -0.4 is 10.1 Å². The first-order valence-corrected chi connectivity index (χ1v) is 9.22. The number of rotatable bonds is 8. The number of nitrogens with one attached hydrogen (secondary N) is 1. The first-order valence-electron chi connectivity index (χ1n) is 9.22. The van der Waals surface area contributed by atoms with Gasteiger partial charge in [0.15, 0.2) is 6.10 Å². The monoisotopic (exact) mass is 399 g/mol. The molecule has 1 aliphatic rings. The zero-order valence-electron chi connectivity index (χ0n) is 16.1. The van der Waals surface area contributed by atoms with Gasteiger partial charge in [0.2, 0.25) is 6.29 Å². The van der Waals surface area contributed by atoms with Gasteiger partial charge in [-0.1, -0.05) is 26.0 Å². The van der Waals surface area contributed by atoms with Gasteiger partial charge in [0.1, 0.15) is 24.1 Å². The number of carbonyl (C=O) groups is 1. The fourth-order valence-electron chi connectivity index (χ4n) is 3.43. The zero-order valence-corrected chi connectivity index (χ0v) is 16.1. The Balaban J connectivity index is 2.25. The van der Waals surface area contributed by atoms with E-state index in [0.29, 0.717) is 18.5 Å². The third-order valence-corrected chi connectivity index (χ3v) is 5.26. The van der Waals surface area contributed by atoms with Crippen molar-refractivity contribution >= 4 is 5.97 Å². The third-order valence-electron chi connectivity index (χ3n) is 5.26. The van der Waals surface area contributed by atoms with E-state index in [1.807, 2.05) is 13.8 Å². The molecule has 28 heavy (non-hydrogen) atoms. The van der Waals surface area contributed by atoms with Crippen LogP contribution in [0, 0.1) is 5.92 Å². The average Bonchev–Trinajstić information content (AvgIpc) is 2.67. The Labute approximate surface area is 163 Å². The van der Waals surface area contributed by atoms with Crippen molar-refractivity contribution in [2.24, 2.45) is 5.92 Å². The van der Waals surface area contributed by atoms with Crippen LogP contribution in [-0.2, 0) is 15.1 Å². The van der Waals surface area contributed by atoms with Gasteiger partial charge in [-0.2, -0.15) is 0 Å². The van der Waals surface area contributed by atoms with Gasteiger partial charge in [-0.15, -0.1) is 0 Å². The van der Waals surface area contributed by atoms with Crippen molar-refractivity contribution in [2.45, 2.75) is 56.6 Å². The second kappa shape index (κ2) is 9.17. The number of carboxylic acids is 1. The smallest absolute Gasteiger partial charge is 0.335 e. The summed E-state index contributed by atoms with van der Waals surface area (Å²) in [4.78, 5) is 11.2. The minimum absolute atomic E-state index is 0.109. The molecule has 0 amide bonds. The van der Waals surface area contributed by atoms with E-state index >= 15 is 0 Å². The van der Waals surface area contributed by atoms with Crippen molar-refractivity contribution in [3.8, 4) is 5.75 Å². The average molecular weight is 399 g/mol. The lowest BCUT2D eigenvalue weighted by Gasteiger charge is -2.38. The molecule has 1 aromatic rings. The van der Waals surface area contributed by atoms with Crippen LogP contribution in [0.5, 0.6) is 5.75 Å². The maximum atomic E-state index is 11.2. The molecule has 2 rings (SSSR count). The van der Waals surface area contributed by atoms with E-state index < -0.39 is 42.3 Å². The highest BCUT2D eigenvalue weighted by molar-refractivity contribution is 5.73. The number of ether oxygens (including phenoxy) is 2. The van der Waals surface area contributed by atoms with Crippen molar-refractivity contribution in [2.75, 3.05) is 13.6 Å². The van der Waals surface area contributed by atoms with E-state index in [-0.39, 0.29) is 11.7 Å². The molecule has 158 valence electrons. The predicted octanol–water partition coefficient (Wildman–Crippen LogP) is -0.589. The second-order valence-electron chi connectivity index (χ2n) is 7.12. The lowest BCUT2D eigenvalue weighted by atomic mass is 9.80. The summed E-state index contributed by atoms with van der Waals surface area (Å²) in [6.45, 7) is 4.36. The molecule has 1 fully saturated rings. The van der Waals surface area contributed by atoms with Crippen molar-refractivity contribution < 1.29 is 39.8 Å². The lowest BCUT2D eigenvalue weighted by Crippen LogP contribution is -2.61. The van der Waals surface area contributed by atoms with Crippen LogP contribution in [0.25, 0.3) is 0 Å². The molecule has 1 saturated heterocycles. The molecule has 1 aliphatic heterocycles. The van der Waals surface area contributed by atoms with Crippen molar-refractivity contribution in [1.29, 1.82) is 0 Å². The van der Waals surface area contributed by atoms with Gasteiger partial charge in [-0.05, 0) is 31.2 Å².